The number of hydrogen-bond donors (Lipinski definition) is 0. The second-order valence-electron chi connectivity index (χ2n) is 15.1. The van der Waals surface area contributed by atoms with Gasteiger partial charge in [-0.25, -0.2) is 9.97 Å². The van der Waals surface area contributed by atoms with E-state index in [1.165, 1.54) is 0 Å². The first kappa shape index (κ1) is 37.9. The van der Waals surface area contributed by atoms with E-state index in [9.17, 15) is 0 Å². The summed E-state index contributed by atoms with van der Waals surface area (Å²) in [6.07, 6.45) is 0. The van der Waals surface area contributed by atoms with Crippen molar-refractivity contribution in [1.29, 1.82) is 0 Å². The van der Waals surface area contributed by atoms with E-state index in [2.05, 4.69) is 246 Å². The molecule has 0 N–H and O–H groups in total. The van der Waals surface area contributed by atoms with Crippen LogP contribution in [0.4, 0.5) is 34.4 Å². The normalized spacial score (nSPS) is 10.9. The molecule has 1 aromatic heterocycles. The van der Waals surface area contributed by atoms with Crippen molar-refractivity contribution in [2.45, 2.75) is 0 Å². The van der Waals surface area contributed by atoms with Crippen LogP contribution in [0.3, 0.4) is 0 Å². The van der Waals surface area contributed by atoms with Crippen molar-refractivity contribution in [3.8, 4) is 55.9 Å². The Hall–Kier alpha value is -8.34. The summed E-state index contributed by atoms with van der Waals surface area (Å²) in [5.41, 5.74) is 13.8. The van der Waals surface area contributed by atoms with Crippen molar-refractivity contribution < 1.29 is 0 Å². The fourth-order valence-electron chi connectivity index (χ4n) is 8.02. The number of hydrogen-bond acceptors (Lipinski definition) is 4. The Balaban J connectivity index is 1.24. The lowest BCUT2D eigenvalue weighted by Gasteiger charge is -2.29. The van der Waals surface area contributed by atoms with Gasteiger partial charge in [0.05, 0.1) is 0 Å². The van der Waals surface area contributed by atoms with E-state index in [1.54, 1.807) is 0 Å². The molecule has 0 spiro atoms. The second kappa shape index (κ2) is 17.5. The smallest absolute Gasteiger partial charge is 0.163 e. The topological polar surface area (TPSA) is 32.3 Å². The van der Waals surface area contributed by atoms with Crippen LogP contribution < -0.4 is 9.80 Å². The van der Waals surface area contributed by atoms with E-state index in [0.717, 1.165) is 84.5 Å². The highest BCUT2D eigenvalue weighted by atomic mass is 15.3. The summed E-state index contributed by atoms with van der Waals surface area (Å²) in [4.78, 5) is 15.4. The van der Waals surface area contributed by atoms with Crippen molar-refractivity contribution in [3.05, 3.63) is 255 Å². The third-order valence-electron chi connectivity index (χ3n) is 11.0. The highest BCUT2D eigenvalue weighted by Gasteiger charge is 2.23. The van der Waals surface area contributed by atoms with Crippen LogP contribution in [0.15, 0.2) is 255 Å². The monoisotopic (exact) mass is 794 g/mol. The fourth-order valence-corrected chi connectivity index (χ4v) is 8.02. The molecule has 62 heavy (non-hydrogen) atoms. The molecule has 0 saturated carbocycles. The Morgan fingerprint density at radius 1 is 0.210 bits per heavy atom. The zero-order chi connectivity index (χ0) is 41.5. The second-order valence-corrected chi connectivity index (χ2v) is 15.1. The summed E-state index contributed by atoms with van der Waals surface area (Å²) in [5.74, 6) is 2.07. The highest BCUT2D eigenvalue weighted by Crippen LogP contribution is 2.44. The van der Waals surface area contributed by atoms with E-state index in [0.29, 0.717) is 5.82 Å². The predicted octanol–water partition coefficient (Wildman–Crippen LogP) is 15.8. The summed E-state index contributed by atoms with van der Waals surface area (Å²) < 4.78 is 0. The first-order valence-corrected chi connectivity index (χ1v) is 20.9. The third-order valence-corrected chi connectivity index (χ3v) is 11.0. The summed E-state index contributed by atoms with van der Waals surface area (Å²) in [5, 5.41) is 0. The molecule has 294 valence electrons. The largest absolute Gasteiger partial charge is 0.295 e. The molecular weight excluding hydrogens is 753 g/mol. The van der Waals surface area contributed by atoms with Gasteiger partial charge >= 0.3 is 0 Å². The van der Waals surface area contributed by atoms with Crippen LogP contribution in [0.5, 0.6) is 0 Å². The lowest BCUT2D eigenvalue weighted by molar-refractivity contribution is 1.09. The average molecular weight is 795 g/mol. The summed E-state index contributed by atoms with van der Waals surface area (Å²) in [6, 6.07) is 89.4. The first-order valence-electron chi connectivity index (χ1n) is 20.9. The molecular formula is C58H42N4. The summed E-state index contributed by atoms with van der Waals surface area (Å²) in [6.45, 7) is 0. The van der Waals surface area contributed by atoms with Gasteiger partial charge in [0.25, 0.3) is 0 Å². The molecule has 0 aliphatic rings. The van der Waals surface area contributed by atoms with Gasteiger partial charge in [-0.2, -0.15) is 0 Å². The van der Waals surface area contributed by atoms with Crippen LogP contribution >= 0.6 is 0 Å². The molecule has 0 fully saturated rings. The van der Waals surface area contributed by atoms with E-state index in [-0.39, 0.29) is 0 Å². The van der Waals surface area contributed by atoms with Gasteiger partial charge in [0.15, 0.2) is 5.82 Å². The van der Waals surface area contributed by atoms with Crippen molar-refractivity contribution in [1.82, 2.24) is 9.97 Å². The Bertz CT molecular complexity index is 2730. The molecule has 0 aliphatic heterocycles. The van der Waals surface area contributed by atoms with Crippen molar-refractivity contribution >= 4 is 34.4 Å². The third kappa shape index (κ3) is 8.14. The van der Waals surface area contributed by atoms with E-state index >= 15 is 0 Å². The average Bonchev–Trinajstić information content (AvgIpc) is 3.36. The van der Waals surface area contributed by atoms with Crippen LogP contribution in [0, 0.1) is 0 Å². The number of nitrogens with zero attached hydrogens (tertiary/aromatic N) is 4. The van der Waals surface area contributed by atoms with E-state index in [4.69, 9.17) is 9.97 Å². The van der Waals surface area contributed by atoms with Crippen LogP contribution in [0.1, 0.15) is 0 Å². The molecule has 0 bridgehead atoms. The molecule has 0 aliphatic carbocycles. The maximum absolute atomic E-state index is 5.45. The van der Waals surface area contributed by atoms with Crippen LogP contribution in [-0.2, 0) is 0 Å². The molecule has 0 saturated heterocycles. The minimum absolute atomic E-state index is 0.616. The van der Waals surface area contributed by atoms with Gasteiger partial charge in [0.1, 0.15) is 11.6 Å². The molecule has 10 rings (SSSR count). The van der Waals surface area contributed by atoms with Gasteiger partial charge in [-0.15, -0.1) is 0 Å². The van der Waals surface area contributed by atoms with Crippen LogP contribution in [0.2, 0.25) is 0 Å². The highest BCUT2D eigenvalue weighted by molar-refractivity contribution is 5.88. The predicted molar refractivity (Wildman–Crippen MR) is 259 cm³/mol. The Kier molecular flexibility index (Phi) is 10.7. The molecule has 9 aromatic carbocycles. The van der Waals surface area contributed by atoms with Gasteiger partial charge in [-0.1, -0.05) is 188 Å². The molecule has 0 atom stereocenters. The van der Waals surface area contributed by atoms with E-state index < -0.39 is 0 Å². The SMILES string of the molecule is c1ccc(-c2cc(-c3ccccc3)cc(N(c3ccccc3)c3cc(N(c4ccccc4)c4cc(-c5ccccc5)cc(-c5ccccc5)c4)nc(-c4ccccc4)n3)c2)cc1. The Morgan fingerprint density at radius 3 is 0.758 bits per heavy atom. The number of benzene rings is 9. The lowest BCUT2D eigenvalue weighted by Crippen LogP contribution is -2.17. The van der Waals surface area contributed by atoms with Crippen LogP contribution in [0.25, 0.3) is 55.9 Å². The van der Waals surface area contributed by atoms with Gasteiger partial charge < -0.3 is 0 Å². The van der Waals surface area contributed by atoms with Gasteiger partial charge in [-0.3, -0.25) is 9.80 Å². The molecule has 10 aromatic rings. The molecule has 4 nitrogen and oxygen atoms in total. The standard InChI is InChI=1S/C58H42N4/c1-8-22-43(23-9-1)48-36-49(44-24-10-2-11-25-44)39-54(38-48)61(52-32-18-6-19-33-52)56-42-57(60-58(59-56)47-30-16-5-17-31-47)62(53-34-20-7-21-35-53)55-40-50(45-26-12-3-13-27-45)37-51(41-55)46-28-14-4-15-29-46/h1-42H. The summed E-state index contributed by atoms with van der Waals surface area (Å²) >= 11 is 0. The summed E-state index contributed by atoms with van der Waals surface area (Å²) in [7, 11) is 0. The fraction of sp³-hybridized carbons (Fsp3) is 0. The molecule has 1 heterocycles. The first-order chi connectivity index (χ1) is 30.7. The number of rotatable bonds is 11. The maximum Gasteiger partial charge on any atom is 0.163 e. The number of aromatic nitrogens is 2. The Labute approximate surface area is 363 Å². The quantitative estimate of drug-likeness (QED) is 0.131. The van der Waals surface area contributed by atoms with Crippen molar-refractivity contribution in [2.75, 3.05) is 9.80 Å². The lowest BCUT2D eigenvalue weighted by atomic mass is 9.97. The minimum atomic E-state index is 0.616. The zero-order valence-corrected chi connectivity index (χ0v) is 34.0. The van der Waals surface area contributed by atoms with Crippen molar-refractivity contribution in [2.24, 2.45) is 0 Å². The minimum Gasteiger partial charge on any atom is -0.295 e. The molecule has 0 radical (unpaired) electrons. The molecule has 4 heteroatoms. The van der Waals surface area contributed by atoms with Crippen molar-refractivity contribution in [3.63, 3.8) is 0 Å². The van der Waals surface area contributed by atoms with Gasteiger partial charge in [-0.05, 0) is 105 Å². The van der Waals surface area contributed by atoms with Gasteiger partial charge in [0.2, 0.25) is 0 Å². The van der Waals surface area contributed by atoms with Gasteiger partial charge in [0, 0.05) is 34.4 Å². The maximum atomic E-state index is 5.45. The van der Waals surface area contributed by atoms with Crippen LogP contribution in [-0.4, -0.2) is 9.97 Å². The Morgan fingerprint density at radius 2 is 0.468 bits per heavy atom. The van der Waals surface area contributed by atoms with E-state index in [1.807, 2.05) is 18.2 Å². The molecule has 0 amide bonds. The zero-order valence-electron chi connectivity index (χ0n) is 34.0. The number of anilines is 6. The molecule has 0 unspecified atom stereocenters. The number of para-hydroxylation sites is 2.